The topological polar surface area (TPSA) is 196 Å². The summed E-state index contributed by atoms with van der Waals surface area (Å²) < 4.78 is 7.13. The first-order valence-corrected chi connectivity index (χ1v) is 22.1. The predicted octanol–water partition coefficient (Wildman–Crippen LogP) is 5.12. The maximum atomic E-state index is 13.0. The molecule has 0 bridgehead atoms. The minimum absolute atomic E-state index is 0.0716. The maximum Gasteiger partial charge on any atom is 0.228 e. The van der Waals surface area contributed by atoms with E-state index in [1.807, 2.05) is 76.4 Å². The number of para-hydroxylation sites is 1. The molecule has 0 amide bonds. The van der Waals surface area contributed by atoms with Crippen LogP contribution in [-0.4, -0.2) is 130 Å². The molecule has 2 aromatic carbocycles. The fraction of sp³-hybridized carbons (Fsp3) is 0.488. The number of nitrogens with zero attached hydrogens (tertiary/aromatic N) is 8. The van der Waals surface area contributed by atoms with Crippen LogP contribution < -0.4 is 19.6 Å². The SMILES string of the molecule is CCc1oc2ccccc2c1C(=O)c1cc(I)c(O)c(I)c1.OCCN(CCO)c1nc(N2CCCCC2)c2nc(N(CCO)CCO)nc(N3CCCCC3)c2n1. The highest BCUT2D eigenvalue weighted by atomic mass is 127. The summed E-state index contributed by atoms with van der Waals surface area (Å²) in [6.07, 6.45) is 7.26. The first kappa shape index (κ1) is 43.9. The number of phenolic OH excluding ortho intramolecular Hbond substituents is 1. The Labute approximate surface area is 365 Å². The van der Waals surface area contributed by atoms with Gasteiger partial charge in [0.2, 0.25) is 11.9 Å². The number of aryl methyl sites for hydroxylation is 1. The zero-order valence-electron chi connectivity index (χ0n) is 32.8. The van der Waals surface area contributed by atoms with E-state index in [-0.39, 0.29) is 38.0 Å². The van der Waals surface area contributed by atoms with E-state index in [1.54, 1.807) is 21.9 Å². The number of carbonyl (C=O) groups excluding carboxylic acids is 1. The smallest absolute Gasteiger partial charge is 0.228 e. The number of aromatic hydroxyl groups is 1. The van der Waals surface area contributed by atoms with Crippen LogP contribution in [0.4, 0.5) is 23.5 Å². The molecule has 2 aliphatic rings. The molecule has 58 heavy (non-hydrogen) atoms. The number of ketones is 1. The Kier molecular flexibility index (Phi) is 16.0. The molecular formula is C41H52I2N8O7. The number of furan rings is 1. The van der Waals surface area contributed by atoms with Crippen molar-refractivity contribution in [2.75, 3.05) is 98.4 Å². The average Bonchev–Trinajstić information content (AvgIpc) is 3.64. The number of hydrogen-bond donors (Lipinski definition) is 5. The number of benzene rings is 2. The van der Waals surface area contributed by atoms with Crippen molar-refractivity contribution in [2.24, 2.45) is 0 Å². The molecule has 312 valence electrons. The fourth-order valence-electron chi connectivity index (χ4n) is 7.44. The first-order chi connectivity index (χ1) is 28.2. The molecule has 0 unspecified atom stereocenters. The summed E-state index contributed by atoms with van der Waals surface area (Å²) in [6.45, 7) is 6.35. The number of phenols is 1. The van der Waals surface area contributed by atoms with Gasteiger partial charge in [-0.1, -0.05) is 25.1 Å². The third-order valence-electron chi connectivity index (χ3n) is 10.3. The Morgan fingerprint density at radius 3 is 1.59 bits per heavy atom. The Morgan fingerprint density at radius 2 is 1.16 bits per heavy atom. The van der Waals surface area contributed by atoms with Crippen LogP contribution in [0.15, 0.2) is 40.8 Å². The van der Waals surface area contributed by atoms with E-state index in [2.05, 4.69) is 9.80 Å². The molecule has 0 spiro atoms. The third kappa shape index (κ3) is 10.0. The van der Waals surface area contributed by atoms with Crippen molar-refractivity contribution in [3.8, 4) is 5.75 Å². The zero-order valence-corrected chi connectivity index (χ0v) is 37.1. The van der Waals surface area contributed by atoms with Gasteiger partial charge in [-0.05, 0) is 102 Å². The summed E-state index contributed by atoms with van der Waals surface area (Å²) in [5.74, 6) is 3.19. The second-order valence-electron chi connectivity index (χ2n) is 14.2. The summed E-state index contributed by atoms with van der Waals surface area (Å²) in [4.78, 5) is 40.7. The summed E-state index contributed by atoms with van der Waals surface area (Å²) in [7, 11) is 0. The van der Waals surface area contributed by atoms with Crippen molar-refractivity contribution in [3.05, 3.63) is 60.4 Å². The number of carbonyl (C=O) groups is 1. The van der Waals surface area contributed by atoms with Gasteiger partial charge < -0.3 is 49.5 Å². The Morgan fingerprint density at radius 1 is 0.707 bits per heavy atom. The van der Waals surface area contributed by atoms with Crippen LogP contribution in [0.5, 0.6) is 5.75 Å². The van der Waals surface area contributed by atoms with Crippen LogP contribution in [0.1, 0.15) is 67.1 Å². The monoisotopic (exact) mass is 1020 g/mol. The number of rotatable bonds is 15. The molecule has 0 saturated carbocycles. The molecule has 5 heterocycles. The molecule has 17 heteroatoms. The molecule has 0 radical (unpaired) electrons. The highest BCUT2D eigenvalue weighted by Crippen LogP contribution is 2.35. The van der Waals surface area contributed by atoms with Gasteiger partial charge in [0.15, 0.2) is 17.4 Å². The van der Waals surface area contributed by atoms with E-state index in [1.165, 1.54) is 12.8 Å². The minimum Gasteiger partial charge on any atom is -0.506 e. The van der Waals surface area contributed by atoms with Crippen molar-refractivity contribution in [1.29, 1.82) is 0 Å². The number of piperidine rings is 2. The standard InChI is InChI=1S/C24H40N8O4.C17H12I2O3/c33-15-11-31(12-16-34)23-26-20-19(21(27-23)29-7-3-1-4-8-29)25-24(32(13-17-35)14-18-36)28-22(20)30-9-5-2-6-10-30;1-2-13-15(10-5-3-4-6-14(10)22-13)16(20)9-7-11(18)17(21)12(19)8-9/h33-36H,1-18H2;3-8,21H,2H2,1H3. The second kappa shape index (κ2) is 21.1. The van der Waals surface area contributed by atoms with Gasteiger partial charge in [-0.25, -0.2) is 9.97 Å². The van der Waals surface area contributed by atoms with Gasteiger partial charge >= 0.3 is 0 Å². The van der Waals surface area contributed by atoms with E-state index in [9.17, 15) is 30.3 Å². The van der Waals surface area contributed by atoms with Gasteiger partial charge in [0.1, 0.15) is 28.1 Å². The van der Waals surface area contributed by atoms with Crippen LogP contribution in [0.2, 0.25) is 0 Å². The lowest BCUT2D eigenvalue weighted by Crippen LogP contribution is -2.36. The van der Waals surface area contributed by atoms with E-state index in [0.29, 0.717) is 79.6 Å². The molecule has 2 fully saturated rings. The lowest BCUT2D eigenvalue weighted by Gasteiger charge is -2.33. The van der Waals surface area contributed by atoms with Gasteiger partial charge in [-0.15, -0.1) is 0 Å². The van der Waals surface area contributed by atoms with Crippen LogP contribution in [0.3, 0.4) is 0 Å². The number of hydrogen-bond acceptors (Lipinski definition) is 15. The van der Waals surface area contributed by atoms with Crippen molar-refractivity contribution in [3.63, 3.8) is 0 Å². The summed E-state index contributed by atoms with van der Waals surface area (Å²) in [5.41, 5.74) is 3.22. The number of aliphatic hydroxyl groups excluding tert-OH is 4. The number of anilines is 4. The Bertz CT molecular complexity index is 2050. The van der Waals surface area contributed by atoms with Crippen LogP contribution in [0, 0.1) is 7.14 Å². The van der Waals surface area contributed by atoms with Gasteiger partial charge in [-0.3, -0.25) is 4.79 Å². The van der Waals surface area contributed by atoms with E-state index in [4.69, 9.17) is 24.4 Å². The molecule has 3 aromatic heterocycles. The lowest BCUT2D eigenvalue weighted by molar-refractivity contribution is 0.103. The minimum atomic E-state index is -0.0772. The van der Waals surface area contributed by atoms with Crippen molar-refractivity contribution < 1.29 is 34.7 Å². The molecule has 5 aromatic rings. The summed E-state index contributed by atoms with van der Waals surface area (Å²) in [5, 5.41) is 49.3. The van der Waals surface area contributed by atoms with Crippen LogP contribution >= 0.6 is 45.2 Å². The van der Waals surface area contributed by atoms with Gasteiger partial charge in [0, 0.05) is 69.7 Å². The van der Waals surface area contributed by atoms with Crippen molar-refractivity contribution in [1.82, 2.24) is 19.9 Å². The molecule has 15 nitrogen and oxygen atoms in total. The molecule has 2 aliphatic heterocycles. The number of aromatic nitrogens is 4. The molecule has 7 rings (SSSR count). The highest BCUT2D eigenvalue weighted by Gasteiger charge is 2.27. The van der Waals surface area contributed by atoms with Crippen LogP contribution in [0.25, 0.3) is 22.0 Å². The molecule has 2 saturated heterocycles. The van der Waals surface area contributed by atoms with Gasteiger partial charge in [0.25, 0.3) is 0 Å². The summed E-state index contributed by atoms with van der Waals surface area (Å²) in [6, 6.07) is 11.0. The Balaban J connectivity index is 0.000000220. The van der Waals surface area contributed by atoms with Gasteiger partial charge in [0.05, 0.1) is 39.1 Å². The zero-order chi connectivity index (χ0) is 41.2. The van der Waals surface area contributed by atoms with Gasteiger partial charge in [-0.2, -0.15) is 9.97 Å². The molecule has 0 atom stereocenters. The Hall–Kier alpha value is -3.63. The van der Waals surface area contributed by atoms with E-state index < -0.39 is 0 Å². The number of aliphatic hydroxyl groups is 4. The van der Waals surface area contributed by atoms with Crippen LogP contribution in [-0.2, 0) is 6.42 Å². The molecule has 0 aliphatic carbocycles. The van der Waals surface area contributed by atoms with E-state index in [0.717, 1.165) is 74.5 Å². The third-order valence-corrected chi connectivity index (χ3v) is 12.0. The summed E-state index contributed by atoms with van der Waals surface area (Å²) >= 11 is 4.06. The molecular weight excluding hydrogens is 970 g/mol. The maximum absolute atomic E-state index is 13.0. The van der Waals surface area contributed by atoms with E-state index >= 15 is 0 Å². The normalized spacial score (nSPS) is 14.5. The lowest BCUT2D eigenvalue weighted by atomic mass is 9.99. The molecule has 5 N–H and O–H groups in total. The fourth-order valence-corrected chi connectivity index (χ4v) is 9.21. The quantitative estimate of drug-likeness (QED) is 0.0684. The van der Waals surface area contributed by atoms with Crippen molar-refractivity contribution >= 4 is 96.5 Å². The highest BCUT2D eigenvalue weighted by molar-refractivity contribution is 14.1. The largest absolute Gasteiger partial charge is 0.506 e. The second-order valence-corrected chi connectivity index (χ2v) is 16.5. The number of fused-ring (bicyclic) bond motifs is 2. The number of halogens is 2. The first-order valence-electron chi connectivity index (χ1n) is 20.0. The van der Waals surface area contributed by atoms with Crippen molar-refractivity contribution in [2.45, 2.75) is 51.9 Å². The predicted molar refractivity (Wildman–Crippen MR) is 243 cm³/mol. The average molecular weight is 1020 g/mol.